The van der Waals surface area contributed by atoms with Crippen LogP contribution in [0.5, 0.6) is 0 Å². The van der Waals surface area contributed by atoms with Gasteiger partial charge >= 0.3 is 5.97 Å². The van der Waals surface area contributed by atoms with Gasteiger partial charge in [0.05, 0.1) is 22.1 Å². The number of carboxylic acids is 1. The third kappa shape index (κ3) is 3.90. The van der Waals surface area contributed by atoms with Crippen LogP contribution in [0.15, 0.2) is 23.1 Å². The molecule has 2 rings (SSSR count). The standard InChI is InChI=1S/C14H18ClNO6S2/c1-2-6-16(11-5-7-23(19,20)9-11)24(21,22)13-8-10(14(17)18)3-4-12(13)15/h3-4,8,11H,2,5-7,9H2,1H3,(H,17,18)/t11-/m0/s1. The average Bonchev–Trinajstić information content (AvgIpc) is 2.84. The van der Waals surface area contributed by atoms with E-state index in [9.17, 15) is 21.6 Å². The monoisotopic (exact) mass is 395 g/mol. The maximum Gasteiger partial charge on any atom is 0.335 e. The Balaban J connectivity index is 2.49. The van der Waals surface area contributed by atoms with E-state index in [0.29, 0.717) is 6.42 Å². The molecule has 0 unspecified atom stereocenters. The first-order valence-electron chi connectivity index (χ1n) is 7.33. The lowest BCUT2D eigenvalue weighted by Gasteiger charge is -2.27. The number of hydrogen-bond acceptors (Lipinski definition) is 5. The van der Waals surface area contributed by atoms with Crippen molar-refractivity contribution in [3.8, 4) is 0 Å². The molecule has 1 saturated heterocycles. The first kappa shape index (κ1) is 19.2. The molecule has 134 valence electrons. The summed E-state index contributed by atoms with van der Waals surface area (Å²) < 4.78 is 50.5. The van der Waals surface area contributed by atoms with Crippen LogP contribution in [0.2, 0.25) is 5.02 Å². The molecule has 0 spiro atoms. The van der Waals surface area contributed by atoms with E-state index in [1.165, 1.54) is 12.1 Å². The minimum absolute atomic E-state index is 0.0592. The molecule has 0 bridgehead atoms. The number of benzene rings is 1. The minimum Gasteiger partial charge on any atom is -0.478 e. The molecule has 1 aromatic carbocycles. The van der Waals surface area contributed by atoms with E-state index in [4.69, 9.17) is 16.7 Å². The molecular weight excluding hydrogens is 378 g/mol. The summed E-state index contributed by atoms with van der Waals surface area (Å²) in [7, 11) is -7.38. The van der Waals surface area contributed by atoms with Crippen molar-refractivity contribution in [1.82, 2.24) is 4.31 Å². The maximum atomic E-state index is 13.0. The van der Waals surface area contributed by atoms with Crippen molar-refractivity contribution in [3.63, 3.8) is 0 Å². The molecule has 24 heavy (non-hydrogen) atoms. The van der Waals surface area contributed by atoms with Gasteiger partial charge in [-0.2, -0.15) is 4.31 Å². The van der Waals surface area contributed by atoms with E-state index in [2.05, 4.69) is 0 Å². The number of carboxylic acid groups (broad SMARTS) is 1. The molecule has 1 aliphatic heterocycles. The summed E-state index contributed by atoms with van der Waals surface area (Å²) in [6.45, 7) is 1.91. The van der Waals surface area contributed by atoms with E-state index in [-0.39, 0.29) is 40.0 Å². The lowest BCUT2D eigenvalue weighted by Crippen LogP contribution is -2.41. The largest absolute Gasteiger partial charge is 0.478 e. The van der Waals surface area contributed by atoms with Crippen LogP contribution in [-0.4, -0.2) is 56.3 Å². The average molecular weight is 396 g/mol. The fourth-order valence-corrected chi connectivity index (χ4v) is 6.76. The second kappa shape index (κ2) is 6.99. The van der Waals surface area contributed by atoms with Crippen molar-refractivity contribution in [2.45, 2.75) is 30.7 Å². The summed E-state index contributed by atoms with van der Waals surface area (Å²) in [5, 5.41) is 8.96. The van der Waals surface area contributed by atoms with Gasteiger partial charge in [0, 0.05) is 12.6 Å². The molecule has 0 saturated carbocycles. The van der Waals surface area contributed by atoms with E-state index in [0.717, 1.165) is 10.4 Å². The summed E-state index contributed by atoms with van der Waals surface area (Å²) in [5.41, 5.74) is -0.200. The maximum absolute atomic E-state index is 13.0. The van der Waals surface area contributed by atoms with Gasteiger partial charge in [-0.3, -0.25) is 0 Å². The number of carbonyl (C=O) groups is 1. The summed E-state index contributed by atoms with van der Waals surface area (Å²) in [6, 6.07) is 2.78. The molecular formula is C14H18ClNO6S2. The van der Waals surface area contributed by atoms with Crippen LogP contribution < -0.4 is 0 Å². The van der Waals surface area contributed by atoms with Gasteiger partial charge in [0.2, 0.25) is 10.0 Å². The first-order valence-corrected chi connectivity index (χ1v) is 11.0. The van der Waals surface area contributed by atoms with Gasteiger partial charge in [-0.05, 0) is 31.0 Å². The lowest BCUT2D eigenvalue weighted by molar-refractivity contribution is 0.0696. The molecule has 0 amide bonds. The van der Waals surface area contributed by atoms with Crippen molar-refractivity contribution in [2.75, 3.05) is 18.1 Å². The molecule has 0 radical (unpaired) electrons. The number of nitrogens with zero attached hydrogens (tertiary/aromatic N) is 1. The Labute approximate surface area is 146 Å². The van der Waals surface area contributed by atoms with Gasteiger partial charge in [0.15, 0.2) is 9.84 Å². The molecule has 10 heteroatoms. The molecule has 0 aromatic heterocycles. The zero-order valence-corrected chi connectivity index (χ0v) is 15.4. The summed E-state index contributed by atoms with van der Waals surface area (Å²) in [5.74, 6) is -1.56. The highest BCUT2D eigenvalue weighted by Gasteiger charge is 2.39. The number of sulfonamides is 1. The predicted octanol–water partition coefficient (Wildman–Crippen LogP) is 1.63. The normalized spacial score (nSPS) is 20.4. The summed E-state index contributed by atoms with van der Waals surface area (Å²) in [6.07, 6.45) is 0.712. The predicted molar refractivity (Wildman–Crippen MR) is 89.7 cm³/mol. The Kier molecular flexibility index (Phi) is 5.58. The summed E-state index contributed by atoms with van der Waals surface area (Å²) in [4.78, 5) is 10.8. The van der Waals surface area contributed by atoms with Crippen LogP contribution >= 0.6 is 11.6 Å². The van der Waals surface area contributed by atoms with Crippen molar-refractivity contribution in [2.24, 2.45) is 0 Å². The first-order chi connectivity index (χ1) is 11.1. The second-order valence-electron chi connectivity index (χ2n) is 5.62. The Morgan fingerprint density at radius 1 is 1.42 bits per heavy atom. The van der Waals surface area contributed by atoms with Gasteiger partial charge in [-0.1, -0.05) is 18.5 Å². The van der Waals surface area contributed by atoms with Crippen molar-refractivity contribution < 1.29 is 26.7 Å². The molecule has 1 atom stereocenters. The van der Waals surface area contributed by atoms with Gasteiger partial charge in [-0.15, -0.1) is 0 Å². The fraction of sp³-hybridized carbons (Fsp3) is 0.500. The Morgan fingerprint density at radius 3 is 2.58 bits per heavy atom. The highest BCUT2D eigenvalue weighted by molar-refractivity contribution is 7.92. The Bertz CT molecular complexity index is 850. The van der Waals surface area contributed by atoms with Gasteiger partial charge in [0.1, 0.15) is 4.90 Å². The topological polar surface area (TPSA) is 109 Å². The Hall–Kier alpha value is -1.16. The van der Waals surface area contributed by atoms with Gasteiger partial charge in [0.25, 0.3) is 0 Å². The zero-order chi connectivity index (χ0) is 18.1. The smallest absolute Gasteiger partial charge is 0.335 e. The van der Waals surface area contributed by atoms with E-state index in [1.54, 1.807) is 6.92 Å². The number of sulfone groups is 1. The molecule has 0 aliphatic carbocycles. The molecule has 1 aromatic rings. The highest BCUT2D eigenvalue weighted by atomic mass is 35.5. The van der Waals surface area contributed by atoms with Crippen LogP contribution in [-0.2, 0) is 19.9 Å². The molecule has 1 heterocycles. The number of rotatable bonds is 6. The van der Waals surface area contributed by atoms with Crippen LogP contribution in [0.25, 0.3) is 0 Å². The van der Waals surface area contributed by atoms with Crippen molar-refractivity contribution >= 4 is 37.4 Å². The quantitative estimate of drug-likeness (QED) is 0.783. The molecule has 1 fully saturated rings. The fourth-order valence-electron chi connectivity index (χ4n) is 2.68. The van der Waals surface area contributed by atoms with Crippen LogP contribution in [0.4, 0.5) is 0 Å². The van der Waals surface area contributed by atoms with Crippen LogP contribution in [0.3, 0.4) is 0 Å². The summed E-state index contributed by atoms with van der Waals surface area (Å²) >= 11 is 5.98. The van der Waals surface area contributed by atoms with E-state index >= 15 is 0 Å². The number of halogens is 1. The van der Waals surface area contributed by atoms with Gasteiger partial charge < -0.3 is 5.11 Å². The number of aromatic carboxylic acids is 1. The highest BCUT2D eigenvalue weighted by Crippen LogP contribution is 2.30. The SMILES string of the molecule is CCCN([C@H]1CCS(=O)(=O)C1)S(=O)(=O)c1cc(C(=O)O)ccc1Cl. The van der Waals surface area contributed by atoms with Gasteiger partial charge in [-0.25, -0.2) is 21.6 Å². The van der Waals surface area contributed by atoms with Crippen LogP contribution in [0, 0.1) is 0 Å². The molecule has 7 nitrogen and oxygen atoms in total. The van der Waals surface area contributed by atoms with Crippen LogP contribution in [0.1, 0.15) is 30.1 Å². The minimum atomic E-state index is -4.11. The van der Waals surface area contributed by atoms with E-state index < -0.39 is 31.9 Å². The van der Waals surface area contributed by atoms with Crippen molar-refractivity contribution in [3.05, 3.63) is 28.8 Å². The third-order valence-corrected chi connectivity index (χ3v) is 8.01. The lowest BCUT2D eigenvalue weighted by atomic mass is 10.2. The third-order valence-electron chi connectivity index (χ3n) is 3.82. The number of hydrogen-bond donors (Lipinski definition) is 1. The van der Waals surface area contributed by atoms with E-state index in [1.807, 2.05) is 0 Å². The molecule has 1 N–H and O–H groups in total. The zero-order valence-electron chi connectivity index (χ0n) is 13.0. The second-order valence-corrected chi connectivity index (χ2v) is 10.1. The van der Waals surface area contributed by atoms with Crippen molar-refractivity contribution in [1.29, 1.82) is 0 Å². The Morgan fingerprint density at radius 2 is 2.08 bits per heavy atom. The molecule has 1 aliphatic rings.